The van der Waals surface area contributed by atoms with Gasteiger partial charge in [-0.1, -0.05) is 55.8 Å². The first-order valence-corrected chi connectivity index (χ1v) is 9.49. The van der Waals surface area contributed by atoms with Crippen LogP contribution in [0.3, 0.4) is 0 Å². The summed E-state index contributed by atoms with van der Waals surface area (Å²) in [6, 6.07) is 17.3. The molecule has 1 saturated heterocycles. The van der Waals surface area contributed by atoms with Crippen LogP contribution in [0.5, 0.6) is 0 Å². The Bertz CT molecular complexity index is 787. The lowest BCUT2D eigenvalue weighted by Crippen LogP contribution is -2.52. The smallest absolute Gasteiger partial charge is 0.322 e. The van der Waals surface area contributed by atoms with Crippen LogP contribution >= 0.6 is 0 Å². The second-order valence-corrected chi connectivity index (χ2v) is 7.31. The van der Waals surface area contributed by atoms with Crippen molar-refractivity contribution in [1.82, 2.24) is 5.32 Å². The molecule has 0 aliphatic carbocycles. The minimum Gasteiger partial charge on any atom is -0.468 e. The minimum absolute atomic E-state index is 0.0703. The predicted molar refractivity (Wildman–Crippen MR) is 103 cm³/mol. The van der Waals surface area contributed by atoms with Crippen LogP contribution in [-0.4, -0.2) is 25.2 Å². The molecule has 2 aliphatic heterocycles. The van der Waals surface area contributed by atoms with Gasteiger partial charge in [0.1, 0.15) is 6.04 Å². The Morgan fingerprint density at radius 3 is 2.65 bits per heavy atom. The minimum atomic E-state index is -0.283. The highest BCUT2D eigenvalue weighted by Crippen LogP contribution is 2.46. The number of carbonyl (C=O) groups excluding carboxylic acids is 1. The van der Waals surface area contributed by atoms with Crippen LogP contribution in [0.15, 0.2) is 48.5 Å². The molecule has 2 N–H and O–H groups in total. The van der Waals surface area contributed by atoms with E-state index < -0.39 is 0 Å². The van der Waals surface area contributed by atoms with Crippen molar-refractivity contribution in [2.45, 2.75) is 50.2 Å². The fourth-order valence-corrected chi connectivity index (χ4v) is 4.45. The summed E-state index contributed by atoms with van der Waals surface area (Å²) in [7, 11) is 1.46. The van der Waals surface area contributed by atoms with Crippen LogP contribution in [0.1, 0.15) is 48.4 Å². The number of para-hydroxylation sites is 1. The number of carbonyl (C=O) groups is 1. The Morgan fingerprint density at radius 2 is 1.92 bits per heavy atom. The van der Waals surface area contributed by atoms with E-state index in [0.29, 0.717) is 5.92 Å². The van der Waals surface area contributed by atoms with E-state index >= 15 is 0 Å². The summed E-state index contributed by atoms with van der Waals surface area (Å²) in [4.78, 5) is 12.3. The lowest BCUT2D eigenvalue weighted by Gasteiger charge is -2.39. The van der Waals surface area contributed by atoms with Crippen molar-refractivity contribution in [3.05, 3.63) is 65.2 Å². The molecule has 2 aromatic carbocycles. The molecule has 136 valence electrons. The summed E-state index contributed by atoms with van der Waals surface area (Å²) in [6.07, 6.45) is 3.00. The quantitative estimate of drug-likeness (QED) is 0.824. The molecule has 4 heteroatoms. The van der Waals surface area contributed by atoms with E-state index in [1.165, 1.54) is 29.5 Å². The molecule has 26 heavy (non-hydrogen) atoms. The van der Waals surface area contributed by atoms with Crippen LogP contribution in [-0.2, 0) is 16.0 Å². The largest absolute Gasteiger partial charge is 0.468 e. The summed E-state index contributed by atoms with van der Waals surface area (Å²) in [5.74, 6) is 0.123. The van der Waals surface area contributed by atoms with E-state index in [9.17, 15) is 4.79 Å². The number of aryl methyl sites for hydroxylation is 1. The Kier molecular flexibility index (Phi) is 4.68. The molecule has 2 heterocycles. The lowest BCUT2D eigenvalue weighted by molar-refractivity contribution is -0.144. The van der Waals surface area contributed by atoms with Gasteiger partial charge in [0.15, 0.2) is 0 Å². The van der Waals surface area contributed by atoms with E-state index in [0.717, 1.165) is 19.3 Å². The highest BCUT2D eigenvalue weighted by molar-refractivity contribution is 5.77. The molecule has 1 fully saturated rings. The third kappa shape index (κ3) is 2.99. The van der Waals surface area contributed by atoms with E-state index in [-0.39, 0.29) is 24.1 Å². The third-order valence-electron chi connectivity index (χ3n) is 5.71. The number of piperidine rings is 1. The van der Waals surface area contributed by atoms with Crippen LogP contribution in [0, 0.1) is 0 Å². The van der Waals surface area contributed by atoms with E-state index in [1.807, 2.05) is 0 Å². The monoisotopic (exact) mass is 350 g/mol. The fourth-order valence-electron chi connectivity index (χ4n) is 4.45. The molecule has 0 bridgehead atoms. The van der Waals surface area contributed by atoms with Crippen LogP contribution in [0.4, 0.5) is 5.69 Å². The molecule has 2 aliphatic rings. The number of rotatable bonds is 4. The zero-order chi connectivity index (χ0) is 18.1. The summed E-state index contributed by atoms with van der Waals surface area (Å²) in [6.45, 7) is 2.20. The molecule has 2 aromatic rings. The second kappa shape index (κ2) is 7.12. The van der Waals surface area contributed by atoms with Crippen LogP contribution < -0.4 is 10.6 Å². The Balaban J connectivity index is 1.67. The van der Waals surface area contributed by atoms with Crippen molar-refractivity contribution in [2.75, 3.05) is 12.4 Å². The topological polar surface area (TPSA) is 50.4 Å². The maximum atomic E-state index is 12.3. The summed E-state index contributed by atoms with van der Waals surface area (Å²) >= 11 is 0. The van der Waals surface area contributed by atoms with Gasteiger partial charge in [0.25, 0.3) is 0 Å². The van der Waals surface area contributed by atoms with E-state index in [2.05, 4.69) is 66.1 Å². The van der Waals surface area contributed by atoms with Crippen LogP contribution in [0.25, 0.3) is 0 Å². The third-order valence-corrected chi connectivity index (χ3v) is 5.71. The number of esters is 1. The Morgan fingerprint density at radius 1 is 1.15 bits per heavy atom. The number of anilines is 1. The van der Waals surface area contributed by atoms with Crippen molar-refractivity contribution in [1.29, 1.82) is 0 Å². The van der Waals surface area contributed by atoms with Crippen molar-refractivity contribution >= 4 is 11.7 Å². The number of nitrogens with one attached hydrogen (secondary N) is 2. The first kappa shape index (κ1) is 17.1. The molecule has 0 radical (unpaired) electrons. The van der Waals surface area contributed by atoms with Crippen molar-refractivity contribution < 1.29 is 9.53 Å². The van der Waals surface area contributed by atoms with Gasteiger partial charge < -0.3 is 10.1 Å². The van der Waals surface area contributed by atoms with E-state index in [1.54, 1.807) is 0 Å². The number of hydrogen-bond acceptors (Lipinski definition) is 4. The summed E-state index contributed by atoms with van der Waals surface area (Å²) in [5.41, 5.74) is 5.06. The molecular formula is C22H26N2O2. The number of benzene rings is 2. The molecular weight excluding hydrogens is 324 g/mol. The first-order chi connectivity index (χ1) is 12.7. The lowest BCUT2D eigenvalue weighted by atomic mass is 9.79. The zero-order valence-electron chi connectivity index (χ0n) is 15.4. The average molecular weight is 350 g/mol. The molecule has 0 aromatic heterocycles. The van der Waals surface area contributed by atoms with Crippen molar-refractivity contribution in [3.8, 4) is 0 Å². The molecule has 0 saturated carbocycles. The van der Waals surface area contributed by atoms with Gasteiger partial charge in [-0.3, -0.25) is 10.1 Å². The standard InChI is InChI=1S/C22H26N2O2/c1-3-6-14-9-11-15(12-10-14)20-21-17(13-19(24-20)22(25)26-2)16-7-4-5-8-18(16)23-21/h4-5,7-12,17,19-21,23-24H,3,6,13H2,1-2H3/t17?,19-,20-,21?/m0/s1. The average Bonchev–Trinajstić information content (AvgIpc) is 3.06. The maximum Gasteiger partial charge on any atom is 0.322 e. The van der Waals surface area contributed by atoms with Gasteiger partial charge in [0.05, 0.1) is 19.2 Å². The molecule has 4 rings (SSSR count). The van der Waals surface area contributed by atoms with Gasteiger partial charge in [-0.05, 0) is 35.6 Å². The number of ether oxygens (including phenoxy) is 1. The van der Waals surface area contributed by atoms with Gasteiger partial charge in [-0.15, -0.1) is 0 Å². The predicted octanol–water partition coefficient (Wildman–Crippen LogP) is 3.79. The number of hydrogen-bond donors (Lipinski definition) is 2. The van der Waals surface area contributed by atoms with Gasteiger partial charge in [0, 0.05) is 11.6 Å². The number of fused-ring (bicyclic) bond motifs is 3. The normalized spacial score (nSPS) is 26.5. The molecule has 4 atom stereocenters. The van der Waals surface area contributed by atoms with E-state index in [4.69, 9.17) is 4.74 Å². The molecule has 0 amide bonds. The zero-order valence-corrected chi connectivity index (χ0v) is 15.4. The van der Waals surface area contributed by atoms with Crippen LogP contribution in [0.2, 0.25) is 0 Å². The van der Waals surface area contributed by atoms with Gasteiger partial charge in [0.2, 0.25) is 0 Å². The highest BCUT2D eigenvalue weighted by Gasteiger charge is 2.45. The molecule has 0 spiro atoms. The SMILES string of the molecule is CCCc1ccc([C@@H]2N[C@H](C(=O)OC)CC3c4ccccc4NC32)cc1. The first-order valence-electron chi connectivity index (χ1n) is 9.49. The van der Waals surface area contributed by atoms with Crippen molar-refractivity contribution in [3.63, 3.8) is 0 Å². The fraction of sp³-hybridized carbons (Fsp3) is 0.409. The Labute approximate surface area is 155 Å². The Hall–Kier alpha value is -2.33. The molecule has 2 unspecified atom stereocenters. The second-order valence-electron chi connectivity index (χ2n) is 7.31. The van der Waals surface area contributed by atoms with Crippen molar-refractivity contribution in [2.24, 2.45) is 0 Å². The summed E-state index contributed by atoms with van der Waals surface area (Å²) in [5, 5.41) is 7.23. The summed E-state index contributed by atoms with van der Waals surface area (Å²) < 4.78 is 5.04. The van der Waals surface area contributed by atoms with Gasteiger partial charge in [-0.2, -0.15) is 0 Å². The maximum absolute atomic E-state index is 12.3. The highest BCUT2D eigenvalue weighted by atomic mass is 16.5. The number of methoxy groups -OCH3 is 1. The van der Waals surface area contributed by atoms with Gasteiger partial charge in [-0.25, -0.2) is 0 Å². The molecule has 4 nitrogen and oxygen atoms in total. The van der Waals surface area contributed by atoms with Gasteiger partial charge >= 0.3 is 5.97 Å².